The molecular formula is C9H7N5O2. The molecule has 3 heterocycles. The number of furan rings is 1. The average molecular weight is 217 g/mol. The third-order valence-corrected chi connectivity index (χ3v) is 2.00. The van der Waals surface area contributed by atoms with Crippen molar-refractivity contribution in [2.45, 2.75) is 6.92 Å². The third kappa shape index (κ3) is 1.38. The van der Waals surface area contributed by atoms with Crippen molar-refractivity contribution in [2.75, 3.05) is 0 Å². The van der Waals surface area contributed by atoms with Crippen molar-refractivity contribution in [3.63, 3.8) is 0 Å². The van der Waals surface area contributed by atoms with Crippen molar-refractivity contribution in [1.29, 1.82) is 0 Å². The largest absolute Gasteiger partial charge is 0.456 e. The topological polar surface area (TPSA) is 93.6 Å². The van der Waals surface area contributed by atoms with Gasteiger partial charge in [0.25, 0.3) is 5.89 Å². The van der Waals surface area contributed by atoms with Gasteiger partial charge in [0.15, 0.2) is 11.6 Å². The fraction of sp³-hybridized carbons (Fsp3) is 0.111. The number of aromatic amines is 1. The van der Waals surface area contributed by atoms with Crippen LogP contribution in [0, 0.1) is 6.92 Å². The first-order valence-electron chi connectivity index (χ1n) is 4.59. The van der Waals surface area contributed by atoms with E-state index in [-0.39, 0.29) is 0 Å². The van der Waals surface area contributed by atoms with Gasteiger partial charge < -0.3 is 8.94 Å². The highest BCUT2D eigenvalue weighted by Gasteiger charge is 2.14. The number of hydrogen-bond acceptors (Lipinski definition) is 6. The summed E-state index contributed by atoms with van der Waals surface area (Å²) in [5.74, 6) is 2.45. The molecule has 0 aliphatic rings. The Hall–Kier alpha value is -2.44. The first kappa shape index (κ1) is 8.84. The van der Waals surface area contributed by atoms with Crippen LogP contribution in [0.1, 0.15) is 5.76 Å². The fourth-order valence-electron chi connectivity index (χ4n) is 1.28. The smallest absolute Gasteiger partial charge is 0.294 e. The Kier molecular flexibility index (Phi) is 1.82. The molecular weight excluding hydrogens is 210 g/mol. The highest BCUT2D eigenvalue weighted by Crippen LogP contribution is 2.21. The lowest BCUT2D eigenvalue weighted by Gasteiger charge is -1.84. The predicted octanol–water partition coefficient (Wildman–Crippen LogP) is 1.42. The molecule has 0 radical (unpaired) electrons. The lowest BCUT2D eigenvalue weighted by molar-refractivity contribution is 0.413. The number of hydrogen-bond donors (Lipinski definition) is 1. The summed E-state index contributed by atoms with van der Waals surface area (Å²) < 4.78 is 10.4. The molecule has 0 bridgehead atoms. The number of aryl methyl sites for hydroxylation is 1. The summed E-state index contributed by atoms with van der Waals surface area (Å²) in [5, 5.41) is 10.1. The minimum atomic E-state index is 0.319. The summed E-state index contributed by atoms with van der Waals surface area (Å²) in [5.41, 5.74) is 0. The van der Waals surface area contributed by atoms with Gasteiger partial charge in [-0.25, -0.2) is 4.98 Å². The fourth-order valence-corrected chi connectivity index (χ4v) is 1.28. The molecule has 0 aliphatic heterocycles. The van der Waals surface area contributed by atoms with E-state index in [9.17, 15) is 0 Å². The van der Waals surface area contributed by atoms with Gasteiger partial charge in [0, 0.05) is 0 Å². The second kappa shape index (κ2) is 3.30. The number of nitrogens with zero attached hydrogens (tertiary/aromatic N) is 4. The van der Waals surface area contributed by atoms with Gasteiger partial charge >= 0.3 is 0 Å². The monoisotopic (exact) mass is 217 g/mol. The zero-order valence-electron chi connectivity index (χ0n) is 8.34. The van der Waals surface area contributed by atoms with Crippen LogP contribution in [0.15, 0.2) is 27.4 Å². The van der Waals surface area contributed by atoms with E-state index < -0.39 is 0 Å². The summed E-state index contributed by atoms with van der Waals surface area (Å²) in [6, 6.07) is 3.60. The van der Waals surface area contributed by atoms with Crippen molar-refractivity contribution in [3.05, 3.63) is 24.2 Å². The molecule has 16 heavy (non-hydrogen) atoms. The molecule has 0 aliphatic carbocycles. The van der Waals surface area contributed by atoms with E-state index in [1.165, 1.54) is 6.33 Å². The quantitative estimate of drug-likeness (QED) is 0.697. The Labute approximate surface area is 89.5 Å². The van der Waals surface area contributed by atoms with Crippen molar-refractivity contribution in [1.82, 2.24) is 25.3 Å². The predicted molar refractivity (Wildman–Crippen MR) is 52.1 cm³/mol. The van der Waals surface area contributed by atoms with E-state index >= 15 is 0 Å². The normalized spacial score (nSPS) is 10.8. The molecule has 7 heteroatoms. The lowest BCUT2D eigenvalue weighted by atomic mass is 10.4. The van der Waals surface area contributed by atoms with Crippen LogP contribution in [0.25, 0.3) is 23.3 Å². The van der Waals surface area contributed by atoms with Gasteiger partial charge in [0.2, 0.25) is 5.82 Å². The number of rotatable bonds is 2. The van der Waals surface area contributed by atoms with Crippen LogP contribution < -0.4 is 0 Å². The molecule has 3 rings (SSSR count). The van der Waals surface area contributed by atoms with E-state index in [2.05, 4.69) is 25.3 Å². The van der Waals surface area contributed by atoms with Crippen LogP contribution in [0.5, 0.6) is 0 Å². The van der Waals surface area contributed by atoms with Gasteiger partial charge in [-0.3, -0.25) is 5.10 Å². The van der Waals surface area contributed by atoms with E-state index in [1.54, 1.807) is 6.07 Å². The molecule has 0 saturated heterocycles. The van der Waals surface area contributed by atoms with Gasteiger partial charge in [-0.05, 0) is 19.1 Å². The molecule has 0 unspecified atom stereocenters. The molecule has 0 aromatic carbocycles. The molecule has 3 aromatic heterocycles. The number of H-pyrrole nitrogens is 1. The molecule has 3 aromatic rings. The van der Waals surface area contributed by atoms with Gasteiger partial charge in [-0.2, -0.15) is 10.1 Å². The van der Waals surface area contributed by atoms with Crippen molar-refractivity contribution in [3.8, 4) is 23.3 Å². The second-order valence-corrected chi connectivity index (χ2v) is 3.17. The minimum Gasteiger partial charge on any atom is -0.456 e. The van der Waals surface area contributed by atoms with Crippen LogP contribution in [0.2, 0.25) is 0 Å². The standard InChI is InChI=1S/C9H7N5O2/c1-5-2-3-6(15-5)9-12-8(14-16-9)7-10-4-11-13-7/h2-4H,1H3,(H,10,11,13). The number of aromatic nitrogens is 5. The molecule has 0 atom stereocenters. The Morgan fingerprint density at radius 1 is 1.31 bits per heavy atom. The van der Waals surface area contributed by atoms with Crippen LogP contribution in [0.4, 0.5) is 0 Å². The van der Waals surface area contributed by atoms with Crippen molar-refractivity contribution >= 4 is 0 Å². The first-order chi connectivity index (χ1) is 7.83. The molecule has 0 fully saturated rings. The highest BCUT2D eigenvalue weighted by atomic mass is 16.5. The Morgan fingerprint density at radius 3 is 2.94 bits per heavy atom. The number of nitrogens with one attached hydrogen (secondary N) is 1. The van der Waals surface area contributed by atoms with E-state index in [1.807, 2.05) is 13.0 Å². The summed E-state index contributed by atoms with van der Waals surface area (Å²) in [6.07, 6.45) is 1.38. The highest BCUT2D eigenvalue weighted by molar-refractivity contribution is 5.49. The van der Waals surface area contributed by atoms with Crippen molar-refractivity contribution in [2.24, 2.45) is 0 Å². The van der Waals surface area contributed by atoms with Crippen LogP contribution >= 0.6 is 0 Å². The van der Waals surface area contributed by atoms with Crippen LogP contribution in [-0.2, 0) is 0 Å². The first-order valence-corrected chi connectivity index (χ1v) is 4.59. The average Bonchev–Trinajstić information content (AvgIpc) is 2.97. The molecule has 7 nitrogen and oxygen atoms in total. The lowest BCUT2D eigenvalue weighted by Crippen LogP contribution is -1.83. The molecule has 1 N–H and O–H groups in total. The van der Waals surface area contributed by atoms with E-state index in [0.29, 0.717) is 23.3 Å². The molecule has 0 saturated carbocycles. The third-order valence-electron chi connectivity index (χ3n) is 2.00. The zero-order chi connectivity index (χ0) is 11.0. The van der Waals surface area contributed by atoms with Gasteiger partial charge in [-0.15, -0.1) is 0 Å². The maximum atomic E-state index is 5.36. The molecule has 80 valence electrons. The zero-order valence-corrected chi connectivity index (χ0v) is 8.34. The van der Waals surface area contributed by atoms with Crippen molar-refractivity contribution < 1.29 is 8.94 Å². The summed E-state index contributed by atoms with van der Waals surface area (Å²) >= 11 is 0. The molecule has 0 spiro atoms. The summed E-state index contributed by atoms with van der Waals surface area (Å²) in [6.45, 7) is 1.84. The Bertz CT molecular complexity index is 595. The Balaban J connectivity index is 2.00. The van der Waals surface area contributed by atoms with E-state index in [0.717, 1.165) is 5.76 Å². The van der Waals surface area contributed by atoms with Gasteiger partial charge in [-0.1, -0.05) is 5.16 Å². The second-order valence-electron chi connectivity index (χ2n) is 3.17. The SMILES string of the molecule is Cc1ccc(-c2nc(-c3ncn[nH]3)no2)o1. The summed E-state index contributed by atoms with van der Waals surface area (Å²) in [4.78, 5) is 8.05. The van der Waals surface area contributed by atoms with Gasteiger partial charge in [0.1, 0.15) is 12.1 Å². The maximum absolute atomic E-state index is 5.36. The van der Waals surface area contributed by atoms with E-state index in [4.69, 9.17) is 8.94 Å². The molecule has 0 amide bonds. The van der Waals surface area contributed by atoms with Crippen LogP contribution in [0.3, 0.4) is 0 Å². The summed E-state index contributed by atoms with van der Waals surface area (Å²) in [7, 11) is 0. The van der Waals surface area contributed by atoms with Gasteiger partial charge in [0.05, 0.1) is 0 Å². The minimum absolute atomic E-state index is 0.319. The maximum Gasteiger partial charge on any atom is 0.294 e. The van der Waals surface area contributed by atoms with Crippen LogP contribution in [-0.4, -0.2) is 25.3 Å². The Morgan fingerprint density at radius 2 is 2.25 bits per heavy atom.